The Hall–Kier alpha value is -1.19. The second-order valence-electron chi connectivity index (χ2n) is 1.81. The number of aromatic amines is 1. The Bertz CT molecular complexity index is 192. The third-order valence-electron chi connectivity index (χ3n) is 0.881. The normalized spacial score (nSPS) is 9.44. The van der Waals surface area contributed by atoms with Crippen LogP contribution in [0.2, 0.25) is 0 Å². The average molecular weight is 125 g/mol. The zero-order valence-corrected chi connectivity index (χ0v) is 5.09. The maximum atomic E-state index is 10.4. The van der Waals surface area contributed by atoms with Crippen LogP contribution in [-0.4, -0.2) is 21.0 Å². The molecular weight excluding hydrogens is 118 g/mol. The van der Waals surface area contributed by atoms with E-state index >= 15 is 0 Å². The van der Waals surface area contributed by atoms with Crippen LogP contribution >= 0.6 is 0 Å². The molecule has 4 heteroatoms. The Labute approximate surface area is 52.3 Å². The first-order valence-electron chi connectivity index (χ1n) is 2.62. The lowest BCUT2D eigenvalue weighted by molar-refractivity contribution is -0.116. The summed E-state index contributed by atoms with van der Waals surface area (Å²) < 4.78 is 0. The fourth-order valence-corrected chi connectivity index (χ4v) is 0.552. The van der Waals surface area contributed by atoms with E-state index in [1.807, 2.05) is 0 Å². The van der Waals surface area contributed by atoms with E-state index < -0.39 is 0 Å². The van der Waals surface area contributed by atoms with Gasteiger partial charge in [-0.15, -0.1) is 0 Å². The zero-order chi connectivity index (χ0) is 6.69. The second kappa shape index (κ2) is 2.39. The van der Waals surface area contributed by atoms with Gasteiger partial charge in [-0.25, -0.2) is 4.98 Å². The molecule has 0 amide bonds. The highest BCUT2D eigenvalue weighted by molar-refractivity contribution is 5.77. The van der Waals surface area contributed by atoms with Crippen LogP contribution in [0.4, 0.5) is 0 Å². The summed E-state index contributed by atoms with van der Waals surface area (Å²) in [5, 5.41) is 6.17. The lowest BCUT2D eigenvalue weighted by atomic mass is 10.3. The van der Waals surface area contributed by atoms with Gasteiger partial charge in [-0.3, -0.25) is 9.89 Å². The van der Waals surface area contributed by atoms with Crippen LogP contribution in [-0.2, 0) is 11.2 Å². The van der Waals surface area contributed by atoms with Gasteiger partial charge >= 0.3 is 0 Å². The van der Waals surface area contributed by atoms with Gasteiger partial charge in [0.15, 0.2) is 0 Å². The van der Waals surface area contributed by atoms with Gasteiger partial charge in [0, 0.05) is 0 Å². The van der Waals surface area contributed by atoms with Crippen molar-refractivity contribution in [1.29, 1.82) is 0 Å². The Kier molecular flexibility index (Phi) is 1.58. The molecule has 1 aromatic heterocycles. The number of carbonyl (C=O) groups excluding carboxylic acids is 1. The maximum Gasteiger partial charge on any atom is 0.137 e. The summed E-state index contributed by atoms with van der Waals surface area (Å²) in [5.74, 6) is 0.717. The molecule has 9 heavy (non-hydrogen) atoms. The second-order valence-corrected chi connectivity index (χ2v) is 1.81. The van der Waals surface area contributed by atoms with Crippen molar-refractivity contribution in [2.24, 2.45) is 0 Å². The van der Waals surface area contributed by atoms with Crippen LogP contribution in [0.25, 0.3) is 0 Å². The summed E-state index contributed by atoms with van der Waals surface area (Å²) in [7, 11) is 0. The quantitative estimate of drug-likeness (QED) is 0.602. The van der Waals surface area contributed by atoms with Gasteiger partial charge in [-0.05, 0) is 6.92 Å². The molecule has 0 saturated heterocycles. The molecule has 0 aliphatic rings. The third kappa shape index (κ3) is 1.64. The van der Waals surface area contributed by atoms with Crippen molar-refractivity contribution in [3.8, 4) is 0 Å². The molecule has 0 saturated carbocycles. The number of rotatable bonds is 2. The van der Waals surface area contributed by atoms with E-state index in [1.54, 1.807) is 0 Å². The fraction of sp³-hybridized carbons (Fsp3) is 0.400. The van der Waals surface area contributed by atoms with Crippen molar-refractivity contribution >= 4 is 5.78 Å². The summed E-state index contributed by atoms with van der Waals surface area (Å²) >= 11 is 0. The van der Waals surface area contributed by atoms with Crippen molar-refractivity contribution in [2.45, 2.75) is 13.3 Å². The van der Waals surface area contributed by atoms with Crippen LogP contribution in [0.15, 0.2) is 6.33 Å². The van der Waals surface area contributed by atoms with E-state index in [9.17, 15) is 4.79 Å². The Balaban J connectivity index is 2.58. The summed E-state index contributed by atoms with van der Waals surface area (Å²) in [6, 6.07) is 0. The number of nitrogens with one attached hydrogen (secondary N) is 1. The molecule has 1 N–H and O–H groups in total. The lowest BCUT2D eigenvalue weighted by Gasteiger charge is -1.84. The molecule has 0 fully saturated rings. The van der Waals surface area contributed by atoms with Gasteiger partial charge in [0.2, 0.25) is 0 Å². The van der Waals surface area contributed by atoms with E-state index in [4.69, 9.17) is 0 Å². The molecule has 0 aliphatic heterocycles. The molecule has 4 nitrogen and oxygen atoms in total. The molecule has 0 spiro atoms. The van der Waals surface area contributed by atoms with E-state index in [0.29, 0.717) is 12.2 Å². The third-order valence-corrected chi connectivity index (χ3v) is 0.881. The topological polar surface area (TPSA) is 58.6 Å². The standard InChI is InChI=1S/C5H7N3O/c1-4(9)2-5-6-3-7-8-5/h3H,2H2,1H3,(H,6,7,8). The van der Waals surface area contributed by atoms with Crippen LogP contribution in [0, 0.1) is 0 Å². The first-order valence-corrected chi connectivity index (χ1v) is 2.62. The summed E-state index contributed by atoms with van der Waals surface area (Å²) in [4.78, 5) is 14.2. The fourth-order valence-electron chi connectivity index (χ4n) is 0.552. The minimum atomic E-state index is 0.0896. The highest BCUT2D eigenvalue weighted by Gasteiger charge is 1.97. The van der Waals surface area contributed by atoms with Gasteiger partial charge in [-0.2, -0.15) is 5.10 Å². The van der Waals surface area contributed by atoms with Crippen LogP contribution in [0.1, 0.15) is 12.7 Å². The van der Waals surface area contributed by atoms with Crippen LogP contribution in [0.5, 0.6) is 0 Å². The largest absolute Gasteiger partial charge is 0.300 e. The van der Waals surface area contributed by atoms with Crippen molar-refractivity contribution in [3.63, 3.8) is 0 Å². The highest BCUT2D eigenvalue weighted by Crippen LogP contribution is 1.86. The number of Topliss-reactive ketones (excluding diaryl/α,β-unsaturated/α-hetero) is 1. The molecule has 0 bridgehead atoms. The van der Waals surface area contributed by atoms with E-state index in [-0.39, 0.29) is 5.78 Å². The Morgan fingerprint density at radius 1 is 1.89 bits per heavy atom. The predicted octanol–water partition coefficient (Wildman–Crippen LogP) is -0.0638. The van der Waals surface area contributed by atoms with E-state index in [0.717, 1.165) is 0 Å². The minimum absolute atomic E-state index is 0.0896. The van der Waals surface area contributed by atoms with Gasteiger partial charge in [0.1, 0.15) is 17.9 Å². The molecule has 0 atom stereocenters. The lowest BCUT2D eigenvalue weighted by Crippen LogP contribution is -1.97. The molecule has 0 unspecified atom stereocenters. The smallest absolute Gasteiger partial charge is 0.137 e. The van der Waals surface area contributed by atoms with Crippen molar-refractivity contribution in [3.05, 3.63) is 12.2 Å². The van der Waals surface area contributed by atoms with Crippen molar-refractivity contribution in [1.82, 2.24) is 15.2 Å². The molecule has 48 valence electrons. The molecule has 1 aromatic rings. The summed E-state index contributed by atoms with van der Waals surface area (Å²) in [6.07, 6.45) is 1.73. The molecule has 0 aliphatic carbocycles. The Morgan fingerprint density at radius 3 is 3.11 bits per heavy atom. The number of hydrogen-bond donors (Lipinski definition) is 1. The number of carbonyl (C=O) groups is 1. The number of ketones is 1. The van der Waals surface area contributed by atoms with Gasteiger partial charge in [-0.1, -0.05) is 0 Å². The van der Waals surface area contributed by atoms with Crippen LogP contribution in [0.3, 0.4) is 0 Å². The first-order chi connectivity index (χ1) is 4.29. The summed E-state index contributed by atoms with van der Waals surface area (Å²) in [5.41, 5.74) is 0. The number of hydrogen-bond acceptors (Lipinski definition) is 3. The molecular formula is C5H7N3O. The van der Waals surface area contributed by atoms with Crippen LogP contribution < -0.4 is 0 Å². The summed E-state index contributed by atoms with van der Waals surface area (Å²) in [6.45, 7) is 1.52. The van der Waals surface area contributed by atoms with Gasteiger partial charge in [0.05, 0.1) is 6.42 Å². The number of nitrogens with zero attached hydrogens (tertiary/aromatic N) is 2. The van der Waals surface area contributed by atoms with E-state index in [1.165, 1.54) is 13.3 Å². The Morgan fingerprint density at radius 2 is 2.67 bits per heavy atom. The first kappa shape index (κ1) is 5.94. The zero-order valence-electron chi connectivity index (χ0n) is 5.09. The monoisotopic (exact) mass is 125 g/mol. The maximum absolute atomic E-state index is 10.4. The molecule has 1 heterocycles. The number of H-pyrrole nitrogens is 1. The van der Waals surface area contributed by atoms with Gasteiger partial charge < -0.3 is 0 Å². The average Bonchev–Trinajstić information content (AvgIpc) is 2.15. The van der Waals surface area contributed by atoms with Crippen molar-refractivity contribution in [2.75, 3.05) is 0 Å². The number of aromatic nitrogens is 3. The highest BCUT2D eigenvalue weighted by atomic mass is 16.1. The molecule has 0 radical (unpaired) electrons. The van der Waals surface area contributed by atoms with E-state index in [2.05, 4.69) is 15.2 Å². The van der Waals surface area contributed by atoms with Gasteiger partial charge in [0.25, 0.3) is 0 Å². The predicted molar refractivity (Wildman–Crippen MR) is 30.8 cm³/mol. The minimum Gasteiger partial charge on any atom is -0.300 e. The SMILES string of the molecule is CC(=O)Cc1ncn[nH]1. The molecule has 0 aromatic carbocycles. The van der Waals surface area contributed by atoms with Crippen molar-refractivity contribution < 1.29 is 4.79 Å². The molecule has 1 rings (SSSR count).